The summed E-state index contributed by atoms with van der Waals surface area (Å²) in [5.41, 5.74) is -2.73. The standard InChI is InChI=1S/C13H7F6N5O2S/c1-5-20-8(13(17,18)19)4-9-21-12(22-24(5)9)27(25,26)23-7-3-2-6(14)10(15)11(7)16/h2-4,23H,1H3. The van der Waals surface area contributed by atoms with E-state index in [0.29, 0.717) is 18.2 Å². The predicted octanol–water partition coefficient (Wildman–Crippen LogP) is 2.67. The van der Waals surface area contributed by atoms with Crippen LogP contribution in [0.25, 0.3) is 5.65 Å². The highest BCUT2D eigenvalue weighted by molar-refractivity contribution is 7.92. The molecule has 0 fully saturated rings. The first-order valence-corrected chi connectivity index (χ1v) is 8.36. The number of sulfonamides is 1. The van der Waals surface area contributed by atoms with Crippen LogP contribution in [0.1, 0.15) is 11.5 Å². The number of alkyl halides is 3. The predicted molar refractivity (Wildman–Crippen MR) is 77.6 cm³/mol. The summed E-state index contributed by atoms with van der Waals surface area (Å²) in [6.45, 7) is 1.13. The van der Waals surface area contributed by atoms with Crippen LogP contribution in [0.4, 0.5) is 32.0 Å². The van der Waals surface area contributed by atoms with Gasteiger partial charge in [-0.25, -0.2) is 18.2 Å². The molecule has 3 aromatic rings. The molecule has 0 saturated carbocycles. The lowest BCUT2D eigenvalue weighted by molar-refractivity contribution is -0.141. The molecule has 0 aliphatic rings. The largest absolute Gasteiger partial charge is 0.433 e. The average molecular weight is 411 g/mol. The number of hydrogen-bond donors (Lipinski definition) is 1. The number of anilines is 1. The second kappa shape index (κ2) is 6.07. The van der Waals surface area contributed by atoms with Gasteiger partial charge in [-0.05, 0) is 19.1 Å². The van der Waals surface area contributed by atoms with E-state index in [2.05, 4.69) is 15.1 Å². The van der Waals surface area contributed by atoms with E-state index in [4.69, 9.17) is 0 Å². The smallest absolute Gasteiger partial charge is 0.274 e. The van der Waals surface area contributed by atoms with Crippen LogP contribution in [-0.4, -0.2) is 28.0 Å². The molecule has 0 amide bonds. The minimum atomic E-state index is -4.80. The summed E-state index contributed by atoms with van der Waals surface area (Å²) in [6, 6.07) is 1.57. The van der Waals surface area contributed by atoms with Crippen molar-refractivity contribution in [3.63, 3.8) is 0 Å². The van der Waals surface area contributed by atoms with E-state index in [1.54, 1.807) is 4.72 Å². The van der Waals surface area contributed by atoms with E-state index in [1.165, 1.54) is 0 Å². The van der Waals surface area contributed by atoms with Gasteiger partial charge in [-0.1, -0.05) is 0 Å². The van der Waals surface area contributed by atoms with Gasteiger partial charge < -0.3 is 0 Å². The van der Waals surface area contributed by atoms with Gasteiger partial charge in [0.15, 0.2) is 23.1 Å². The number of halogens is 6. The lowest BCUT2D eigenvalue weighted by Crippen LogP contribution is -2.16. The monoisotopic (exact) mass is 411 g/mol. The summed E-state index contributed by atoms with van der Waals surface area (Å²) in [6.07, 6.45) is -4.80. The maximum atomic E-state index is 13.6. The van der Waals surface area contributed by atoms with E-state index < -0.39 is 55.8 Å². The summed E-state index contributed by atoms with van der Waals surface area (Å²) < 4.78 is 105. The second-order valence-electron chi connectivity index (χ2n) is 5.18. The van der Waals surface area contributed by atoms with E-state index in [9.17, 15) is 34.8 Å². The molecule has 3 rings (SSSR count). The van der Waals surface area contributed by atoms with Gasteiger partial charge in [0.1, 0.15) is 11.5 Å². The van der Waals surface area contributed by atoms with Crippen LogP contribution < -0.4 is 4.72 Å². The van der Waals surface area contributed by atoms with Gasteiger partial charge in [0.25, 0.3) is 15.2 Å². The molecule has 1 N–H and O–H groups in total. The first-order chi connectivity index (χ1) is 12.4. The van der Waals surface area contributed by atoms with Crippen molar-refractivity contribution in [2.45, 2.75) is 18.3 Å². The van der Waals surface area contributed by atoms with Crippen molar-refractivity contribution in [3.05, 3.63) is 47.2 Å². The molecule has 0 saturated heterocycles. The van der Waals surface area contributed by atoms with Crippen molar-refractivity contribution in [2.24, 2.45) is 0 Å². The Morgan fingerprint density at radius 1 is 1.07 bits per heavy atom. The Bertz CT molecular complexity index is 1160. The summed E-state index contributed by atoms with van der Waals surface area (Å²) in [7, 11) is -4.72. The fourth-order valence-electron chi connectivity index (χ4n) is 2.07. The van der Waals surface area contributed by atoms with Gasteiger partial charge in [0, 0.05) is 6.07 Å². The molecule has 14 heteroatoms. The van der Waals surface area contributed by atoms with Crippen molar-refractivity contribution in [3.8, 4) is 0 Å². The third-order valence-electron chi connectivity index (χ3n) is 3.28. The Kier molecular flexibility index (Phi) is 4.25. The molecule has 0 atom stereocenters. The molecule has 0 aliphatic heterocycles. The topological polar surface area (TPSA) is 89.2 Å². The molecule has 144 valence electrons. The zero-order chi connectivity index (χ0) is 20.1. The molecule has 1 aromatic carbocycles. The first-order valence-electron chi connectivity index (χ1n) is 6.88. The van der Waals surface area contributed by atoms with Crippen LogP contribution >= 0.6 is 0 Å². The van der Waals surface area contributed by atoms with Crippen molar-refractivity contribution < 1.29 is 34.8 Å². The van der Waals surface area contributed by atoms with E-state index in [-0.39, 0.29) is 5.82 Å². The number of benzene rings is 1. The summed E-state index contributed by atoms with van der Waals surface area (Å²) >= 11 is 0. The molecule has 2 heterocycles. The van der Waals surface area contributed by atoms with E-state index in [1.807, 2.05) is 0 Å². The lowest BCUT2D eigenvalue weighted by Gasteiger charge is -2.06. The summed E-state index contributed by atoms with van der Waals surface area (Å²) in [5.74, 6) is -5.57. The minimum Gasteiger partial charge on any atom is -0.274 e. The number of rotatable bonds is 3. The zero-order valence-corrected chi connectivity index (χ0v) is 13.8. The van der Waals surface area contributed by atoms with E-state index in [0.717, 1.165) is 11.4 Å². The number of hydrogen-bond acceptors (Lipinski definition) is 5. The Morgan fingerprint density at radius 2 is 1.74 bits per heavy atom. The van der Waals surface area contributed by atoms with Gasteiger partial charge in [0.2, 0.25) is 0 Å². The first kappa shape index (κ1) is 18.9. The maximum absolute atomic E-state index is 13.6. The fourth-order valence-corrected chi connectivity index (χ4v) is 3.01. The Labute approximate surface area is 146 Å². The molecular formula is C13H7F6N5O2S. The highest BCUT2D eigenvalue weighted by Gasteiger charge is 2.34. The number of aryl methyl sites for hydroxylation is 1. The molecule has 0 radical (unpaired) electrons. The van der Waals surface area contributed by atoms with Crippen LogP contribution in [0.2, 0.25) is 0 Å². The number of fused-ring (bicyclic) bond motifs is 1. The average Bonchev–Trinajstić information content (AvgIpc) is 3.00. The minimum absolute atomic E-state index is 0.312. The lowest BCUT2D eigenvalue weighted by atomic mass is 10.3. The summed E-state index contributed by atoms with van der Waals surface area (Å²) in [4.78, 5) is 6.71. The summed E-state index contributed by atoms with van der Waals surface area (Å²) in [5, 5.41) is 2.49. The third-order valence-corrected chi connectivity index (χ3v) is 4.42. The van der Waals surface area contributed by atoms with Gasteiger partial charge >= 0.3 is 6.18 Å². The van der Waals surface area contributed by atoms with Crippen LogP contribution in [-0.2, 0) is 16.2 Å². The van der Waals surface area contributed by atoms with Crippen molar-refractivity contribution in [1.29, 1.82) is 0 Å². The van der Waals surface area contributed by atoms with Crippen molar-refractivity contribution in [1.82, 2.24) is 19.6 Å². The second-order valence-corrected chi connectivity index (χ2v) is 6.76. The quantitative estimate of drug-likeness (QED) is 0.529. The fraction of sp³-hybridized carbons (Fsp3) is 0.154. The molecule has 0 bridgehead atoms. The molecule has 0 aliphatic carbocycles. The van der Waals surface area contributed by atoms with Crippen LogP contribution in [0.3, 0.4) is 0 Å². The molecular weight excluding hydrogens is 404 g/mol. The zero-order valence-electron chi connectivity index (χ0n) is 13.0. The van der Waals surface area contributed by atoms with Gasteiger partial charge in [-0.2, -0.15) is 31.1 Å². The molecule has 27 heavy (non-hydrogen) atoms. The van der Waals surface area contributed by atoms with Gasteiger partial charge in [0.05, 0.1) is 5.69 Å². The van der Waals surface area contributed by atoms with Crippen LogP contribution in [0.15, 0.2) is 23.4 Å². The highest BCUT2D eigenvalue weighted by Crippen LogP contribution is 2.29. The Hall–Kier alpha value is -2.90. The highest BCUT2D eigenvalue weighted by atomic mass is 32.2. The normalized spacial score (nSPS) is 12.6. The number of aromatic nitrogens is 4. The SMILES string of the molecule is Cc1nc(C(F)(F)F)cc2nc(S(=O)(=O)Nc3ccc(F)c(F)c3F)nn12. The maximum Gasteiger partial charge on any atom is 0.433 e. The molecule has 7 nitrogen and oxygen atoms in total. The van der Waals surface area contributed by atoms with Gasteiger partial charge in [-0.15, -0.1) is 5.10 Å². The van der Waals surface area contributed by atoms with E-state index >= 15 is 0 Å². The Balaban J connectivity index is 2.06. The van der Waals surface area contributed by atoms with Crippen molar-refractivity contribution in [2.75, 3.05) is 4.72 Å². The molecule has 2 aromatic heterocycles. The Morgan fingerprint density at radius 3 is 2.37 bits per heavy atom. The van der Waals surface area contributed by atoms with Gasteiger partial charge in [-0.3, -0.25) is 4.72 Å². The number of nitrogens with one attached hydrogen (secondary N) is 1. The molecule has 0 unspecified atom stereocenters. The third kappa shape index (κ3) is 3.39. The number of nitrogens with zero attached hydrogens (tertiary/aromatic N) is 4. The molecule has 0 spiro atoms. The van der Waals surface area contributed by atoms with Crippen LogP contribution in [0, 0.1) is 24.4 Å². The van der Waals surface area contributed by atoms with Crippen LogP contribution in [0.5, 0.6) is 0 Å². The van der Waals surface area contributed by atoms with Crippen molar-refractivity contribution >= 4 is 21.4 Å².